The molecule has 0 spiro atoms. The maximum atomic E-state index is 11.2. The van der Waals surface area contributed by atoms with Gasteiger partial charge in [0, 0.05) is 18.3 Å². The fraction of sp³-hybridized carbons (Fsp3) is 1.00. The second-order valence-electron chi connectivity index (χ2n) is 5.43. The van der Waals surface area contributed by atoms with Gasteiger partial charge in [0.1, 0.15) is 9.84 Å². The zero-order chi connectivity index (χ0) is 13.6. The van der Waals surface area contributed by atoms with Gasteiger partial charge in [-0.2, -0.15) is 0 Å². The van der Waals surface area contributed by atoms with Crippen molar-refractivity contribution in [3.8, 4) is 0 Å². The molecule has 0 saturated carbocycles. The molecule has 0 radical (unpaired) electrons. The van der Waals surface area contributed by atoms with Gasteiger partial charge >= 0.3 is 0 Å². The van der Waals surface area contributed by atoms with Gasteiger partial charge in [-0.1, -0.05) is 13.3 Å². The van der Waals surface area contributed by atoms with Crippen molar-refractivity contribution in [2.24, 2.45) is 0 Å². The zero-order valence-corrected chi connectivity index (χ0v) is 12.8. The minimum Gasteiger partial charge on any atom is -0.313 e. The first kappa shape index (κ1) is 15.9. The van der Waals surface area contributed by atoms with Gasteiger partial charge in [-0.25, -0.2) is 8.42 Å². The van der Waals surface area contributed by atoms with Gasteiger partial charge in [-0.3, -0.25) is 4.90 Å². The fourth-order valence-corrected chi connectivity index (χ4v) is 3.50. The van der Waals surface area contributed by atoms with Crippen LogP contribution in [0.15, 0.2) is 0 Å². The standard InChI is InChI=1S/C13H28N2O2S/c1-4-14-12(2)13-8-5-6-9-15(13)10-7-11-18(3,16)17/h12-14H,4-11H2,1-3H3. The van der Waals surface area contributed by atoms with E-state index in [1.807, 2.05) is 0 Å². The number of likely N-dealkylation sites (tertiary alicyclic amines) is 1. The van der Waals surface area contributed by atoms with E-state index < -0.39 is 9.84 Å². The molecule has 18 heavy (non-hydrogen) atoms. The van der Waals surface area contributed by atoms with Crippen LogP contribution in [-0.4, -0.2) is 57.0 Å². The van der Waals surface area contributed by atoms with Crippen LogP contribution in [0, 0.1) is 0 Å². The van der Waals surface area contributed by atoms with E-state index in [1.165, 1.54) is 25.5 Å². The first-order chi connectivity index (χ1) is 8.44. The lowest BCUT2D eigenvalue weighted by Gasteiger charge is -2.39. The topological polar surface area (TPSA) is 49.4 Å². The van der Waals surface area contributed by atoms with Gasteiger partial charge < -0.3 is 5.32 Å². The van der Waals surface area contributed by atoms with E-state index in [2.05, 4.69) is 24.1 Å². The molecule has 0 aromatic rings. The highest BCUT2D eigenvalue weighted by atomic mass is 32.2. The smallest absolute Gasteiger partial charge is 0.147 e. The van der Waals surface area contributed by atoms with Gasteiger partial charge in [0.05, 0.1) is 5.75 Å². The summed E-state index contributed by atoms with van der Waals surface area (Å²) in [6.45, 7) is 7.39. The van der Waals surface area contributed by atoms with Crippen LogP contribution in [0.25, 0.3) is 0 Å². The molecule has 108 valence electrons. The Labute approximate surface area is 112 Å². The van der Waals surface area contributed by atoms with Gasteiger partial charge in [-0.05, 0) is 45.8 Å². The molecule has 5 heteroatoms. The summed E-state index contributed by atoms with van der Waals surface area (Å²) in [6.07, 6.45) is 5.85. The highest BCUT2D eigenvalue weighted by molar-refractivity contribution is 7.90. The molecule has 2 atom stereocenters. The van der Waals surface area contributed by atoms with E-state index in [4.69, 9.17) is 0 Å². The predicted octanol–water partition coefficient (Wildman–Crippen LogP) is 1.27. The summed E-state index contributed by atoms with van der Waals surface area (Å²) in [6, 6.07) is 1.06. The second kappa shape index (κ2) is 7.46. The summed E-state index contributed by atoms with van der Waals surface area (Å²) < 4.78 is 22.3. The second-order valence-corrected chi connectivity index (χ2v) is 7.69. The van der Waals surface area contributed by atoms with Crippen LogP contribution in [0.3, 0.4) is 0 Å². The summed E-state index contributed by atoms with van der Waals surface area (Å²) in [5.41, 5.74) is 0. The molecule has 0 aliphatic carbocycles. The minimum atomic E-state index is -2.82. The lowest BCUT2D eigenvalue weighted by molar-refractivity contribution is 0.120. The van der Waals surface area contributed by atoms with Gasteiger partial charge in [0.25, 0.3) is 0 Å². The molecule has 1 rings (SSSR count). The average Bonchev–Trinajstić information content (AvgIpc) is 2.28. The number of sulfone groups is 1. The summed E-state index contributed by atoms with van der Waals surface area (Å²) in [4.78, 5) is 2.47. The molecule has 1 saturated heterocycles. The van der Waals surface area contributed by atoms with Gasteiger partial charge in [-0.15, -0.1) is 0 Å². The van der Waals surface area contributed by atoms with Crippen molar-refractivity contribution in [2.45, 2.75) is 51.6 Å². The van der Waals surface area contributed by atoms with Crippen LogP contribution in [0.5, 0.6) is 0 Å². The van der Waals surface area contributed by atoms with Crippen LogP contribution in [0.2, 0.25) is 0 Å². The summed E-state index contributed by atoms with van der Waals surface area (Å²) >= 11 is 0. The van der Waals surface area contributed by atoms with E-state index in [1.54, 1.807) is 0 Å². The molecular formula is C13H28N2O2S. The molecule has 1 fully saturated rings. The Morgan fingerprint density at radius 1 is 1.39 bits per heavy atom. The van der Waals surface area contributed by atoms with Crippen molar-refractivity contribution < 1.29 is 8.42 Å². The largest absolute Gasteiger partial charge is 0.313 e. The predicted molar refractivity (Wildman–Crippen MR) is 76.7 cm³/mol. The van der Waals surface area contributed by atoms with Gasteiger partial charge in [0.15, 0.2) is 0 Å². The molecular weight excluding hydrogens is 248 g/mol. The van der Waals surface area contributed by atoms with Crippen molar-refractivity contribution in [2.75, 3.05) is 31.6 Å². The molecule has 1 N–H and O–H groups in total. The third-order valence-corrected chi connectivity index (χ3v) is 4.76. The Kier molecular flexibility index (Phi) is 6.60. The summed E-state index contributed by atoms with van der Waals surface area (Å²) in [5.74, 6) is 0.311. The molecule has 0 aromatic heterocycles. The number of piperidine rings is 1. The zero-order valence-electron chi connectivity index (χ0n) is 12.0. The summed E-state index contributed by atoms with van der Waals surface area (Å²) in [7, 11) is -2.82. The SMILES string of the molecule is CCNC(C)C1CCCCN1CCCS(C)(=O)=O. The molecule has 1 aliphatic heterocycles. The minimum absolute atomic E-state index is 0.311. The van der Waals surface area contributed by atoms with Crippen LogP contribution in [0.4, 0.5) is 0 Å². The van der Waals surface area contributed by atoms with Crippen molar-refractivity contribution in [3.63, 3.8) is 0 Å². The van der Waals surface area contributed by atoms with E-state index in [-0.39, 0.29) is 0 Å². The third kappa shape index (κ3) is 5.67. The first-order valence-corrected chi connectivity index (χ1v) is 9.15. The monoisotopic (exact) mass is 276 g/mol. The van der Waals surface area contributed by atoms with Crippen molar-refractivity contribution in [1.82, 2.24) is 10.2 Å². The van der Waals surface area contributed by atoms with E-state index >= 15 is 0 Å². The lowest BCUT2D eigenvalue weighted by atomic mass is 9.96. The molecule has 1 heterocycles. The van der Waals surface area contributed by atoms with Crippen molar-refractivity contribution in [1.29, 1.82) is 0 Å². The molecule has 1 aliphatic rings. The lowest BCUT2D eigenvalue weighted by Crippen LogP contribution is -2.51. The molecule has 4 nitrogen and oxygen atoms in total. The van der Waals surface area contributed by atoms with E-state index in [0.717, 1.165) is 26.1 Å². The number of likely N-dealkylation sites (N-methyl/N-ethyl adjacent to an activating group) is 1. The molecule has 0 aromatic carbocycles. The number of hydrogen-bond acceptors (Lipinski definition) is 4. The van der Waals surface area contributed by atoms with Crippen molar-refractivity contribution in [3.05, 3.63) is 0 Å². The highest BCUT2D eigenvalue weighted by Crippen LogP contribution is 2.20. The Balaban J connectivity index is 2.44. The molecule has 0 amide bonds. The summed E-state index contributed by atoms with van der Waals surface area (Å²) in [5, 5.41) is 3.49. The first-order valence-electron chi connectivity index (χ1n) is 7.09. The van der Waals surface area contributed by atoms with Gasteiger partial charge in [0.2, 0.25) is 0 Å². The Bertz CT molecular complexity index is 330. The van der Waals surface area contributed by atoms with E-state index in [9.17, 15) is 8.42 Å². The Morgan fingerprint density at radius 2 is 2.11 bits per heavy atom. The van der Waals surface area contributed by atoms with Crippen LogP contribution < -0.4 is 5.32 Å². The maximum absolute atomic E-state index is 11.2. The number of nitrogens with zero attached hydrogens (tertiary/aromatic N) is 1. The Hall–Kier alpha value is -0.130. The third-order valence-electron chi connectivity index (χ3n) is 3.73. The number of hydrogen-bond donors (Lipinski definition) is 1. The van der Waals surface area contributed by atoms with Crippen molar-refractivity contribution >= 4 is 9.84 Å². The average molecular weight is 276 g/mol. The number of rotatable bonds is 7. The van der Waals surface area contributed by atoms with Crippen LogP contribution in [-0.2, 0) is 9.84 Å². The van der Waals surface area contributed by atoms with E-state index in [0.29, 0.717) is 17.8 Å². The number of nitrogens with one attached hydrogen (secondary N) is 1. The fourth-order valence-electron chi connectivity index (χ4n) is 2.85. The normalized spacial score (nSPS) is 24.1. The molecule has 0 bridgehead atoms. The Morgan fingerprint density at radius 3 is 2.72 bits per heavy atom. The van der Waals surface area contributed by atoms with Crippen LogP contribution in [0.1, 0.15) is 39.5 Å². The highest BCUT2D eigenvalue weighted by Gasteiger charge is 2.26. The van der Waals surface area contributed by atoms with Crippen LogP contribution >= 0.6 is 0 Å². The maximum Gasteiger partial charge on any atom is 0.147 e. The quantitative estimate of drug-likeness (QED) is 0.761. The molecule has 2 unspecified atom stereocenters.